The quantitative estimate of drug-likeness (QED) is 0.0171. The summed E-state index contributed by atoms with van der Waals surface area (Å²) in [6.07, 6.45) is 9.32. The van der Waals surface area contributed by atoms with Crippen molar-refractivity contribution in [1.29, 1.82) is 0 Å². The van der Waals surface area contributed by atoms with Crippen LogP contribution < -0.4 is 57.7 Å². The van der Waals surface area contributed by atoms with Crippen molar-refractivity contribution in [2.45, 2.75) is 223 Å². The Morgan fingerprint density at radius 2 is 1.02 bits per heavy atom. The molecule has 25 nitrogen and oxygen atoms in total. The lowest BCUT2D eigenvalue weighted by Crippen LogP contribution is -2.34. The number of alkyl halides is 2. The van der Waals surface area contributed by atoms with Gasteiger partial charge in [0.1, 0.15) is 34.4 Å². The van der Waals surface area contributed by atoms with Gasteiger partial charge in [-0.15, -0.1) is 0 Å². The summed E-state index contributed by atoms with van der Waals surface area (Å²) in [6.45, 7) is 39.8. The SMILES string of the molecule is CC(C)NCCNC(=O)c1ccccn1.CC(C)NCc1cc(-c2ccc(Cl)cc2)no1.CC(C)NCc1ccc(OC(F)F)cc1.CC(C)NCc1ccc(S(N)(=O)=O)cc1.CC(C)NCc1cccc(-n2cccn2)c1.CC(C)NCc1cnn(-c2ccccc2)c1.CC(C)NCc1nc2ccccc2n1C.Cc1onc(-c2ccccc2)c1CNC(C)C. The molecule has 0 bridgehead atoms. The van der Waals surface area contributed by atoms with E-state index in [1.807, 2.05) is 146 Å². The Morgan fingerprint density at radius 1 is 0.492 bits per heavy atom. The van der Waals surface area contributed by atoms with Crippen LogP contribution in [-0.4, -0.2) is 127 Å². The van der Waals surface area contributed by atoms with Gasteiger partial charge >= 0.3 is 6.61 Å². The molecule has 13 aromatic rings. The van der Waals surface area contributed by atoms with Gasteiger partial charge in [0, 0.05) is 159 Å². The molecule has 0 spiro atoms. The van der Waals surface area contributed by atoms with Crippen LogP contribution in [0.3, 0.4) is 0 Å². The minimum Gasteiger partial charge on any atom is -0.435 e. The number of benzene rings is 7. The van der Waals surface area contributed by atoms with E-state index >= 15 is 0 Å². The van der Waals surface area contributed by atoms with Crippen molar-refractivity contribution in [1.82, 2.24) is 92.3 Å². The molecular formula is C97H132ClF2N19O6S. The van der Waals surface area contributed by atoms with Gasteiger partial charge in [-0.2, -0.15) is 19.0 Å². The van der Waals surface area contributed by atoms with Gasteiger partial charge in [-0.05, 0) is 115 Å². The fourth-order valence-electron chi connectivity index (χ4n) is 11.2. The number of aromatic nitrogens is 9. The number of imidazole rings is 1. The fourth-order valence-corrected chi connectivity index (χ4v) is 11.9. The lowest BCUT2D eigenvalue weighted by molar-refractivity contribution is -0.0498. The average Bonchev–Trinajstić information content (AvgIpc) is 1.66. The van der Waals surface area contributed by atoms with Crippen molar-refractivity contribution in [3.05, 3.63) is 299 Å². The molecule has 11 N–H and O–H groups in total. The topological polar surface area (TPSA) is 313 Å². The van der Waals surface area contributed by atoms with Gasteiger partial charge in [0.2, 0.25) is 10.0 Å². The van der Waals surface area contributed by atoms with Crippen LogP contribution in [0, 0.1) is 6.92 Å². The summed E-state index contributed by atoms with van der Waals surface area (Å²) in [5.41, 5.74) is 14.5. The highest BCUT2D eigenvalue weighted by molar-refractivity contribution is 7.89. The van der Waals surface area contributed by atoms with Crippen LogP contribution in [0.15, 0.2) is 257 Å². The lowest BCUT2D eigenvalue weighted by atomic mass is 10.1. The predicted octanol–water partition coefficient (Wildman–Crippen LogP) is 17.9. The predicted molar refractivity (Wildman–Crippen MR) is 506 cm³/mol. The number of para-hydroxylation sites is 3. The Bertz CT molecular complexity index is 5230. The first-order chi connectivity index (χ1) is 60.2. The summed E-state index contributed by atoms with van der Waals surface area (Å²) in [7, 11) is -1.51. The zero-order valence-electron chi connectivity index (χ0n) is 76.2. The van der Waals surface area contributed by atoms with Crippen molar-refractivity contribution >= 4 is 38.6 Å². The highest BCUT2D eigenvalue weighted by Crippen LogP contribution is 2.26. The number of sulfonamides is 1. The van der Waals surface area contributed by atoms with Crippen LogP contribution in [0.1, 0.15) is 166 Å². The Labute approximate surface area is 749 Å². The van der Waals surface area contributed by atoms with E-state index in [2.05, 4.69) is 240 Å². The highest BCUT2D eigenvalue weighted by atomic mass is 35.5. The summed E-state index contributed by atoms with van der Waals surface area (Å²) in [5.74, 6) is 2.88. The molecule has 13 rings (SSSR count). The third kappa shape index (κ3) is 41.0. The molecule has 0 saturated heterocycles. The normalized spacial score (nSPS) is 11.1. The van der Waals surface area contributed by atoms with Crippen LogP contribution >= 0.6 is 11.6 Å². The van der Waals surface area contributed by atoms with Crippen molar-refractivity contribution in [3.63, 3.8) is 0 Å². The van der Waals surface area contributed by atoms with Crippen LogP contribution in [0.2, 0.25) is 5.02 Å². The lowest BCUT2D eigenvalue weighted by Gasteiger charge is -2.09. The monoisotopic (exact) mass is 1760 g/mol. The van der Waals surface area contributed by atoms with Crippen LogP contribution in [0.25, 0.3) is 44.9 Å². The second-order valence-corrected chi connectivity index (χ2v) is 34.0. The highest BCUT2D eigenvalue weighted by Gasteiger charge is 2.16. The molecule has 0 fully saturated rings. The molecule has 0 aliphatic carbocycles. The van der Waals surface area contributed by atoms with E-state index in [1.165, 1.54) is 28.8 Å². The van der Waals surface area contributed by atoms with E-state index in [9.17, 15) is 22.0 Å². The number of aryl methyl sites for hydroxylation is 2. The van der Waals surface area contributed by atoms with Crippen molar-refractivity contribution in [3.8, 4) is 39.6 Å². The molecule has 126 heavy (non-hydrogen) atoms. The summed E-state index contributed by atoms with van der Waals surface area (Å²) in [6, 6.07) is 70.4. The van der Waals surface area contributed by atoms with E-state index in [0.717, 1.165) is 124 Å². The Morgan fingerprint density at radius 3 is 1.58 bits per heavy atom. The number of rotatable bonds is 33. The maximum Gasteiger partial charge on any atom is 0.387 e. The van der Waals surface area contributed by atoms with E-state index in [-0.39, 0.29) is 16.6 Å². The molecule has 29 heteroatoms. The van der Waals surface area contributed by atoms with E-state index in [4.69, 9.17) is 25.8 Å². The van der Waals surface area contributed by atoms with E-state index in [0.29, 0.717) is 67.1 Å². The van der Waals surface area contributed by atoms with Crippen molar-refractivity contribution < 1.29 is 35.8 Å². The van der Waals surface area contributed by atoms with E-state index in [1.54, 1.807) is 67.0 Å². The largest absolute Gasteiger partial charge is 0.435 e. The molecule has 0 atom stereocenters. The van der Waals surface area contributed by atoms with Gasteiger partial charge < -0.3 is 66.2 Å². The van der Waals surface area contributed by atoms with Crippen LogP contribution in [0.4, 0.5) is 8.78 Å². The van der Waals surface area contributed by atoms with Crippen LogP contribution in [0.5, 0.6) is 5.75 Å². The molecular weight excluding hydrogens is 1630 g/mol. The van der Waals surface area contributed by atoms with Crippen molar-refractivity contribution in [2.24, 2.45) is 12.2 Å². The summed E-state index contributed by atoms with van der Waals surface area (Å²) in [5, 5.41) is 51.8. The average molecular weight is 1770 g/mol. The molecule has 0 radical (unpaired) electrons. The smallest absolute Gasteiger partial charge is 0.387 e. The standard InChI is InChI=1S/C14H18N2O.C13H15ClN2O.2C13H17N3.C12H17N3.C11H15F2NO.C11H17N3O.C10H16N2O2S/c1-10(2)15-9-13-11(3)17-16-14(13)12-7-5-4-6-8-12;1-9(2)15-8-12-7-13(16-17-12)10-3-5-11(14)6-4-10;1-11(2)14-10-12-5-3-6-13(9-12)16-8-4-7-15-16;1-11(2)14-8-12-9-15-16(10-12)13-6-4-3-5-7-13;1-9(2)13-8-12-14-10-6-4-5-7-11(10)15(12)3;1-8(2)14-7-9-3-5-10(6-4-9)15-11(12)13;1-9(2)12-7-8-14-11(15)10-5-3-4-6-13-10;1-8(2)12-7-9-3-5-10(6-4-9)15(11,13)14/h4-8,10,15H,9H2,1-3H3;3-7,9,15H,8H2,1-2H3;3-9,11,14H,10H2,1-2H3;3-7,9-11,14H,8H2,1-2H3;4-7,9,13H,8H2,1-3H3;3-6,8,11,14H,7H2,1-2H3;3-6,9,12H,7-8H2,1-2H3,(H,14,15);3-6,8,12H,7H2,1-2H3,(H2,11,13,14). The zero-order valence-corrected chi connectivity index (χ0v) is 77.8. The molecule has 0 aliphatic rings. The van der Waals surface area contributed by atoms with Gasteiger partial charge in [0.05, 0.1) is 46.6 Å². The molecule has 7 aromatic carbocycles. The summed E-state index contributed by atoms with van der Waals surface area (Å²) in [4.78, 5) is 20.2. The number of halogens is 3. The van der Waals surface area contributed by atoms with Gasteiger partial charge in [0.15, 0.2) is 5.76 Å². The summed E-state index contributed by atoms with van der Waals surface area (Å²) < 4.78 is 66.3. The first kappa shape index (κ1) is 104. The number of carbonyl (C=O) groups is 1. The second-order valence-electron chi connectivity index (χ2n) is 32.0. The van der Waals surface area contributed by atoms with Gasteiger partial charge in [-0.1, -0.05) is 248 Å². The third-order valence-corrected chi connectivity index (χ3v) is 19.3. The number of nitrogens with two attached hydrogens (primary N) is 1. The Hall–Kier alpha value is -11.0. The molecule has 6 heterocycles. The molecule has 0 saturated carbocycles. The number of nitrogens with one attached hydrogen (secondary N) is 9. The van der Waals surface area contributed by atoms with E-state index < -0.39 is 16.6 Å². The molecule has 0 aliphatic heterocycles. The number of nitrogens with zero attached hydrogens (tertiary/aromatic N) is 9. The maximum absolute atomic E-state index is 11.8. The first-order valence-electron chi connectivity index (χ1n) is 42.7. The molecule has 678 valence electrons. The number of pyridine rings is 1. The fraction of sp³-hybridized carbons (Fsp3) is 0.371. The Kier molecular flexibility index (Phi) is 46.3. The number of ether oxygens (including phenoxy) is 1. The summed E-state index contributed by atoms with van der Waals surface area (Å²) >= 11 is 5.84. The molecule has 6 aromatic heterocycles. The number of fused-ring (bicyclic) bond motifs is 1. The Balaban J connectivity index is 0.000000222. The minimum atomic E-state index is -3.57. The second kappa shape index (κ2) is 56.2. The van der Waals surface area contributed by atoms with Gasteiger partial charge in [0.25, 0.3) is 5.91 Å². The van der Waals surface area contributed by atoms with Gasteiger partial charge in [-0.25, -0.2) is 27.9 Å². The molecule has 0 unspecified atom stereocenters. The molecule has 1 amide bonds. The van der Waals surface area contributed by atoms with Gasteiger partial charge in [-0.3, -0.25) is 9.78 Å². The number of hydrogen-bond acceptors (Lipinski definition) is 20. The maximum atomic E-state index is 11.8. The number of primary sulfonamides is 1. The van der Waals surface area contributed by atoms with Crippen LogP contribution in [-0.2, 0) is 62.9 Å². The number of hydrogen-bond donors (Lipinski definition) is 10. The number of amides is 1. The third-order valence-electron chi connectivity index (χ3n) is 18.1. The first-order valence-corrected chi connectivity index (χ1v) is 44.6. The van der Waals surface area contributed by atoms with Crippen molar-refractivity contribution in [2.75, 3.05) is 13.1 Å². The minimum absolute atomic E-state index is 0.124. The number of carbonyl (C=O) groups excluding carboxylic acids is 1. The zero-order chi connectivity index (χ0) is 91.9.